The maximum absolute atomic E-state index is 12.5. The van der Waals surface area contributed by atoms with Gasteiger partial charge in [0.05, 0.1) is 7.11 Å². The van der Waals surface area contributed by atoms with E-state index in [-0.39, 0.29) is 12.5 Å². The summed E-state index contributed by atoms with van der Waals surface area (Å²) in [6.07, 6.45) is 5.28. The number of carbonyl (C=O) groups excluding carboxylic acids is 1. The molecule has 0 aliphatic heterocycles. The highest BCUT2D eigenvalue weighted by Gasteiger charge is 2.27. The number of benzene rings is 1. The summed E-state index contributed by atoms with van der Waals surface area (Å²) in [6.45, 7) is 0.814. The monoisotopic (exact) mass is 291 g/mol. The van der Waals surface area contributed by atoms with E-state index in [1.54, 1.807) is 7.11 Å². The molecule has 1 saturated carbocycles. The van der Waals surface area contributed by atoms with Gasteiger partial charge in [0.1, 0.15) is 5.75 Å². The number of nitrogens with zero attached hydrogens (tertiary/aromatic N) is 1. The molecule has 1 aromatic carbocycles. The molecule has 4 heteroatoms. The minimum absolute atomic E-state index is 0.142. The van der Waals surface area contributed by atoms with Crippen molar-refractivity contribution in [2.45, 2.75) is 44.6 Å². The Morgan fingerprint density at radius 1 is 1.38 bits per heavy atom. The molecule has 1 aromatic rings. The van der Waals surface area contributed by atoms with Crippen molar-refractivity contribution in [1.82, 2.24) is 4.90 Å². The number of aliphatic hydroxyl groups is 1. The lowest BCUT2D eigenvalue weighted by molar-refractivity contribution is -0.135. The average molecular weight is 291 g/mol. The lowest BCUT2D eigenvalue weighted by atomic mass is 9.91. The standard InChI is InChI=1S/C17H25NO3/c1-21-16-9-3-2-6-14(16)10-11-17(20)18(12-5-13-19)15-7-4-8-15/h2-3,6,9,15,19H,4-5,7-8,10-13H2,1H3. The van der Waals surface area contributed by atoms with Crippen LogP contribution in [0, 0.1) is 0 Å². The topological polar surface area (TPSA) is 49.8 Å². The highest BCUT2D eigenvalue weighted by atomic mass is 16.5. The number of hydrogen-bond donors (Lipinski definition) is 1. The first-order valence-electron chi connectivity index (χ1n) is 7.78. The van der Waals surface area contributed by atoms with Crippen LogP contribution in [-0.4, -0.2) is 42.2 Å². The summed E-state index contributed by atoms with van der Waals surface area (Å²) in [5, 5.41) is 8.99. The van der Waals surface area contributed by atoms with Crippen LogP contribution in [-0.2, 0) is 11.2 Å². The molecule has 4 nitrogen and oxygen atoms in total. The van der Waals surface area contributed by atoms with Crippen LogP contribution in [0.1, 0.15) is 37.7 Å². The van der Waals surface area contributed by atoms with E-state index in [4.69, 9.17) is 9.84 Å². The van der Waals surface area contributed by atoms with E-state index < -0.39 is 0 Å². The van der Waals surface area contributed by atoms with E-state index in [2.05, 4.69) is 0 Å². The molecule has 1 N–H and O–H groups in total. The van der Waals surface area contributed by atoms with Crippen molar-refractivity contribution >= 4 is 5.91 Å². The molecule has 0 unspecified atom stereocenters. The first-order chi connectivity index (χ1) is 10.3. The van der Waals surface area contributed by atoms with Gasteiger partial charge in [-0.2, -0.15) is 0 Å². The van der Waals surface area contributed by atoms with Gasteiger partial charge in [-0.05, 0) is 43.7 Å². The number of aryl methyl sites for hydroxylation is 1. The summed E-state index contributed by atoms with van der Waals surface area (Å²) < 4.78 is 5.32. The molecule has 2 rings (SSSR count). The van der Waals surface area contributed by atoms with Gasteiger partial charge in [0, 0.05) is 25.6 Å². The Balaban J connectivity index is 1.91. The number of methoxy groups -OCH3 is 1. The van der Waals surface area contributed by atoms with Gasteiger partial charge < -0.3 is 14.7 Å². The maximum atomic E-state index is 12.5. The smallest absolute Gasteiger partial charge is 0.223 e. The summed E-state index contributed by atoms with van der Waals surface area (Å²) in [5.41, 5.74) is 1.07. The van der Waals surface area contributed by atoms with Crippen molar-refractivity contribution in [3.05, 3.63) is 29.8 Å². The number of para-hydroxylation sites is 1. The first kappa shape index (κ1) is 15.8. The second-order valence-corrected chi connectivity index (χ2v) is 5.56. The molecule has 0 spiro atoms. The Labute approximate surface area is 126 Å². The third-order valence-corrected chi connectivity index (χ3v) is 4.19. The van der Waals surface area contributed by atoms with E-state index in [0.717, 1.165) is 24.2 Å². The molecular formula is C17H25NO3. The largest absolute Gasteiger partial charge is 0.496 e. The summed E-state index contributed by atoms with van der Waals surface area (Å²) in [4.78, 5) is 14.4. The molecule has 1 aliphatic rings. The van der Waals surface area contributed by atoms with Crippen molar-refractivity contribution in [2.24, 2.45) is 0 Å². The molecule has 116 valence electrons. The summed E-state index contributed by atoms with van der Waals surface area (Å²) in [7, 11) is 1.66. The second kappa shape index (κ2) is 8.03. The van der Waals surface area contributed by atoms with Crippen LogP contribution >= 0.6 is 0 Å². The molecule has 0 atom stereocenters. The lowest BCUT2D eigenvalue weighted by Gasteiger charge is -2.37. The van der Waals surface area contributed by atoms with Gasteiger partial charge >= 0.3 is 0 Å². The number of hydrogen-bond acceptors (Lipinski definition) is 3. The van der Waals surface area contributed by atoms with Gasteiger partial charge in [-0.3, -0.25) is 4.79 Å². The molecule has 21 heavy (non-hydrogen) atoms. The van der Waals surface area contributed by atoms with E-state index >= 15 is 0 Å². The first-order valence-corrected chi connectivity index (χ1v) is 7.78. The van der Waals surface area contributed by atoms with Crippen molar-refractivity contribution in [3.8, 4) is 5.75 Å². The molecule has 1 fully saturated rings. The lowest BCUT2D eigenvalue weighted by Crippen LogP contribution is -2.45. The van der Waals surface area contributed by atoms with Gasteiger partial charge in [-0.1, -0.05) is 18.2 Å². The Morgan fingerprint density at radius 2 is 2.14 bits per heavy atom. The van der Waals surface area contributed by atoms with Crippen molar-refractivity contribution < 1.29 is 14.6 Å². The van der Waals surface area contributed by atoms with Gasteiger partial charge in [0.25, 0.3) is 0 Å². The van der Waals surface area contributed by atoms with Crippen molar-refractivity contribution in [3.63, 3.8) is 0 Å². The molecule has 1 amide bonds. The van der Waals surface area contributed by atoms with Crippen LogP contribution in [0.5, 0.6) is 5.75 Å². The van der Waals surface area contributed by atoms with Gasteiger partial charge in [0.15, 0.2) is 0 Å². The van der Waals surface area contributed by atoms with E-state index in [0.29, 0.717) is 31.8 Å². The van der Waals surface area contributed by atoms with Gasteiger partial charge in [0.2, 0.25) is 5.91 Å². The van der Waals surface area contributed by atoms with E-state index in [1.165, 1.54) is 6.42 Å². The highest BCUT2D eigenvalue weighted by molar-refractivity contribution is 5.77. The average Bonchev–Trinajstić information content (AvgIpc) is 2.47. The van der Waals surface area contributed by atoms with Crippen LogP contribution in [0.25, 0.3) is 0 Å². The zero-order valence-corrected chi connectivity index (χ0v) is 12.8. The third-order valence-electron chi connectivity index (χ3n) is 4.19. The molecule has 1 aliphatic carbocycles. The molecule has 0 bridgehead atoms. The molecular weight excluding hydrogens is 266 g/mol. The number of aliphatic hydroxyl groups excluding tert-OH is 1. The van der Waals surface area contributed by atoms with Crippen LogP contribution in [0.15, 0.2) is 24.3 Å². The minimum atomic E-state index is 0.142. The van der Waals surface area contributed by atoms with Crippen LogP contribution in [0.3, 0.4) is 0 Å². The highest BCUT2D eigenvalue weighted by Crippen LogP contribution is 2.26. The van der Waals surface area contributed by atoms with Crippen molar-refractivity contribution in [2.75, 3.05) is 20.3 Å². The van der Waals surface area contributed by atoms with E-state index in [1.807, 2.05) is 29.2 Å². The minimum Gasteiger partial charge on any atom is -0.496 e. The number of rotatable bonds is 8. The Hall–Kier alpha value is -1.55. The Morgan fingerprint density at radius 3 is 2.76 bits per heavy atom. The second-order valence-electron chi connectivity index (χ2n) is 5.56. The van der Waals surface area contributed by atoms with Crippen LogP contribution in [0.4, 0.5) is 0 Å². The molecule has 0 radical (unpaired) electrons. The van der Waals surface area contributed by atoms with Crippen LogP contribution in [0.2, 0.25) is 0 Å². The Bertz CT molecular complexity index is 457. The zero-order chi connectivity index (χ0) is 15.1. The quantitative estimate of drug-likeness (QED) is 0.800. The van der Waals surface area contributed by atoms with Crippen molar-refractivity contribution in [1.29, 1.82) is 0 Å². The van der Waals surface area contributed by atoms with Crippen LogP contribution < -0.4 is 4.74 Å². The number of ether oxygens (including phenoxy) is 1. The third kappa shape index (κ3) is 4.21. The molecule has 0 heterocycles. The summed E-state index contributed by atoms with van der Waals surface area (Å²) >= 11 is 0. The fourth-order valence-electron chi connectivity index (χ4n) is 2.75. The van der Waals surface area contributed by atoms with Gasteiger partial charge in [-0.25, -0.2) is 0 Å². The fourth-order valence-corrected chi connectivity index (χ4v) is 2.75. The predicted molar refractivity (Wildman–Crippen MR) is 82.4 cm³/mol. The summed E-state index contributed by atoms with van der Waals surface area (Å²) in [5.74, 6) is 1.04. The zero-order valence-electron chi connectivity index (χ0n) is 12.8. The SMILES string of the molecule is COc1ccccc1CCC(=O)N(CCCO)C1CCC1. The normalized spacial score (nSPS) is 14.6. The van der Waals surface area contributed by atoms with E-state index in [9.17, 15) is 4.79 Å². The fraction of sp³-hybridized carbons (Fsp3) is 0.588. The summed E-state index contributed by atoms with van der Waals surface area (Å²) in [6, 6.07) is 8.23. The predicted octanol–water partition coefficient (Wildman–Crippen LogP) is 2.39. The molecule has 0 saturated heterocycles. The van der Waals surface area contributed by atoms with Gasteiger partial charge in [-0.15, -0.1) is 0 Å². The Kier molecular flexibility index (Phi) is 6.05. The maximum Gasteiger partial charge on any atom is 0.223 e. The number of carbonyl (C=O) groups is 1. The number of amides is 1. The molecule has 0 aromatic heterocycles.